The maximum atomic E-state index is 11.8. The van der Waals surface area contributed by atoms with E-state index in [2.05, 4.69) is 0 Å². The molecule has 0 radical (unpaired) electrons. The average Bonchev–Trinajstić information content (AvgIpc) is 2.41. The first-order valence-electron chi connectivity index (χ1n) is 5.04. The average molecular weight is 266 g/mol. The molecule has 0 N–H and O–H groups in total. The van der Waals surface area contributed by atoms with Crippen LogP contribution >= 0.6 is 23.2 Å². The highest BCUT2D eigenvalue weighted by Crippen LogP contribution is 2.18. The van der Waals surface area contributed by atoms with Gasteiger partial charge < -0.3 is 0 Å². The molecule has 1 atom stereocenters. The molecule has 16 heavy (non-hydrogen) atoms. The second-order valence-electron chi connectivity index (χ2n) is 4.10. The van der Waals surface area contributed by atoms with Crippen molar-refractivity contribution in [2.45, 2.75) is 31.6 Å². The van der Waals surface area contributed by atoms with Crippen molar-refractivity contribution >= 4 is 40.9 Å². The summed E-state index contributed by atoms with van der Waals surface area (Å²) in [5.74, 6) is 0.131. The highest BCUT2D eigenvalue weighted by molar-refractivity contribution is 6.52. The fourth-order valence-electron chi connectivity index (χ4n) is 1.94. The maximum Gasteiger partial charge on any atom is 0.354 e. The minimum absolute atomic E-state index is 0.0509. The van der Waals surface area contributed by atoms with E-state index in [4.69, 9.17) is 23.2 Å². The van der Waals surface area contributed by atoms with Crippen molar-refractivity contribution in [3.8, 4) is 0 Å². The third-order valence-electron chi connectivity index (χ3n) is 2.61. The summed E-state index contributed by atoms with van der Waals surface area (Å²) in [5, 5.41) is 0. The summed E-state index contributed by atoms with van der Waals surface area (Å²) in [7, 11) is 1.65. The van der Waals surface area contributed by atoms with Crippen molar-refractivity contribution in [1.82, 2.24) is 4.90 Å². The summed E-state index contributed by atoms with van der Waals surface area (Å²) in [5.41, 5.74) is 0. The minimum atomic E-state index is -1.14. The van der Waals surface area contributed by atoms with Crippen LogP contribution in [0, 0.1) is 5.92 Å². The molecule has 1 heterocycles. The van der Waals surface area contributed by atoms with E-state index in [0.717, 1.165) is 0 Å². The van der Waals surface area contributed by atoms with Crippen LogP contribution in [0.3, 0.4) is 0 Å². The van der Waals surface area contributed by atoms with Gasteiger partial charge in [0.25, 0.3) is 5.84 Å². The fraction of sp³-hybridized carbons (Fsp3) is 0.700. The summed E-state index contributed by atoms with van der Waals surface area (Å²) in [6.45, 7) is 5.49. The third kappa shape index (κ3) is 2.09. The van der Waals surface area contributed by atoms with Gasteiger partial charge in [0, 0.05) is 0 Å². The molecular weight excluding hydrogens is 251 g/mol. The molecule has 0 aliphatic carbocycles. The van der Waals surface area contributed by atoms with E-state index < -0.39 is 16.8 Å². The number of halogens is 2. The monoisotopic (exact) mass is 265 g/mol. The summed E-state index contributed by atoms with van der Waals surface area (Å²) in [4.78, 5) is 24.0. The molecule has 1 rings (SSSR count). The number of amides is 2. The van der Waals surface area contributed by atoms with Crippen molar-refractivity contribution in [1.29, 1.82) is 0 Å². The van der Waals surface area contributed by atoms with E-state index in [1.165, 1.54) is 9.48 Å². The highest BCUT2D eigenvalue weighted by Gasteiger charge is 2.47. The van der Waals surface area contributed by atoms with E-state index >= 15 is 0 Å². The molecule has 0 saturated heterocycles. The lowest BCUT2D eigenvalue weighted by Crippen LogP contribution is -2.36. The molecule has 2 amide bonds. The summed E-state index contributed by atoms with van der Waals surface area (Å²) < 4.78 is 1.39. The van der Waals surface area contributed by atoms with Crippen LogP contribution in [-0.4, -0.2) is 45.1 Å². The predicted molar refractivity (Wildman–Crippen MR) is 62.8 cm³/mol. The van der Waals surface area contributed by atoms with Crippen molar-refractivity contribution in [3.63, 3.8) is 0 Å². The first-order valence-corrected chi connectivity index (χ1v) is 5.92. The number of alkyl halides is 2. The predicted octanol–water partition coefficient (Wildman–Crippen LogP) is 1.24. The van der Waals surface area contributed by atoms with Gasteiger partial charge in [0.1, 0.15) is 0 Å². The van der Waals surface area contributed by atoms with Gasteiger partial charge in [0.05, 0.1) is 13.0 Å². The van der Waals surface area contributed by atoms with Gasteiger partial charge in [-0.1, -0.05) is 37.0 Å². The molecule has 4 nitrogen and oxygen atoms in total. The summed E-state index contributed by atoms with van der Waals surface area (Å²) in [6.07, 6.45) is 0. The van der Waals surface area contributed by atoms with E-state index in [1.807, 2.05) is 13.8 Å². The highest BCUT2D eigenvalue weighted by atomic mass is 35.5. The normalized spacial score (nSPS) is 21.6. The third-order valence-corrected chi connectivity index (χ3v) is 2.98. The number of hydrogen-bond donors (Lipinski definition) is 0. The zero-order valence-corrected chi connectivity index (χ0v) is 11.2. The summed E-state index contributed by atoms with van der Waals surface area (Å²) in [6, 6.07) is -0.533. The number of carbonyl (C=O) groups excluding carboxylic acids is 2. The lowest BCUT2D eigenvalue weighted by atomic mass is 10.2. The van der Waals surface area contributed by atoms with Crippen LogP contribution < -0.4 is 0 Å². The Labute approximate surface area is 105 Å². The smallest absolute Gasteiger partial charge is 0.244 e. The standard InChI is InChI=1S/C10H15Cl2N2O2/c1-5(2)8-13(4)9(15)6(3)14(8)10(16)7(11)12/h5-7H,1-4H3/q+1. The number of nitrogens with zero attached hydrogens (tertiary/aromatic N) is 2. The number of likely N-dealkylation sites (N-methyl/N-ethyl adjacent to an activating group) is 1. The molecule has 1 aliphatic heterocycles. The van der Waals surface area contributed by atoms with Gasteiger partial charge >= 0.3 is 11.8 Å². The van der Waals surface area contributed by atoms with Crippen LogP contribution in [0.15, 0.2) is 0 Å². The fourth-order valence-corrected chi connectivity index (χ4v) is 2.15. The molecule has 0 spiro atoms. The Hall–Kier alpha value is -0.610. The Balaban J connectivity index is 3.26. The molecule has 0 aromatic heterocycles. The molecule has 1 unspecified atom stereocenters. The second-order valence-corrected chi connectivity index (χ2v) is 5.19. The maximum absolute atomic E-state index is 11.8. The van der Waals surface area contributed by atoms with Gasteiger partial charge in [-0.2, -0.15) is 9.48 Å². The van der Waals surface area contributed by atoms with Gasteiger partial charge in [-0.25, -0.2) is 9.59 Å². The first-order chi connectivity index (χ1) is 7.29. The summed E-state index contributed by atoms with van der Waals surface area (Å²) >= 11 is 11.1. The topological polar surface area (TPSA) is 40.4 Å². The molecular formula is C10H15Cl2N2O2+. The zero-order chi connectivity index (χ0) is 12.6. The van der Waals surface area contributed by atoms with Crippen LogP contribution in [0.25, 0.3) is 0 Å². The van der Waals surface area contributed by atoms with Gasteiger partial charge in [-0.15, -0.1) is 0 Å². The van der Waals surface area contributed by atoms with Crippen molar-refractivity contribution in [3.05, 3.63) is 0 Å². The van der Waals surface area contributed by atoms with E-state index in [0.29, 0.717) is 5.84 Å². The molecule has 0 aromatic carbocycles. The Morgan fingerprint density at radius 2 is 1.94 bits per heavy atom. The van der Waals surface area contributed by atoms with E-state index in [-0.39, 0.29) is 11.8 Å². The molecule has 6 heteroatoms. The van der Waals surface area contributed by atoms with Crippen LogP contribution in [0.4, 0.5) is 0 Å². The van der Waals surface area contributed by atoms with Gasteiger partial charge in [-0.05, 0) is 6.92 Å². The molecule has 0 saturated carbocycles. The van der Waals surface area contributed by atoms with Crippen LogP contribution in [0.2, 0.25) is 0 Å². The van der Waals surface area contributed by atoms with Gasteiger partial charge in [0.2, 0.25) is 10.9 Å². The lowest BCUT2D eigenvalue weighted by molar-refractivity contribution is -0.466. The Bertz CT molecular complexity index is 364. The lowest BCUT2D eigenvalue weighted by Gasteiger charge is -2.09. The quantitative estimate of drug-likeness (QED) is 0.557. The molecule has 90 valence electrons. The molecule has 0 fully saturated rings. The SMILES string of the molecule is CC(C)C1=[N+](C(=O)C(Cl)Cl)C(C)C(=O)N1C. The Morgan fingerprint density at radius 3 is 2.31 bits per heavy atom. The van der Waals surface area contributed by atoms with E-state index in [9.17, 15) is 9.59 Å². The molecule has 1 aliphatic rings. The van der Waals surface area contributed by atoms with Gasteiger partial charge in [0.15, 0.2) is 0 Å². The molecule has 0 aromatic rings. The number of carbonyl (C=O) groups is 2. The zero-order valence-electron chi connectivity index (χ0n) is 9.70. The van der Waals surface area contributed by atoms with Gasteiger partial charge in [-0.3, -0.25) is 0 Å². The minimum Gasteiger partial charge on any atom is -0.244 e. The Kier molecular flexibility index (Phi) is 3.97. The second kappa shape index (κ2) is 4.72. The number of rotatable bonds is 2. The van der Waals surface area contributed by atoms with E-state index in [1.54, 1.807) is 14.0 Å². The number of amidine groups is 1. The molecule has 0 bridgehead atoms. The van der Waals surface area contributed by atoms with Crippen molar-refractivity contribution in [2.24, 2.45) is 5.92 Å². The van der Waals surface area contributed by atoms with Crippen molar-refractivity contribution in [2.75, 3.05) is 7.05 Å². The van der Waals surface area contributed by atoms with Crippen molar-refractivity contribution < 1.29 is 14.2 Å². The first kappa shape index (κ1) is 13.5. The largest absolute Gasteiger partial charge is 0.354 e. The Morgan fingerprint density at radius 1 is 1.44 bits per heavy atom. The van der Waals surface area contributed by atoms with Crippen LogP contribution in [0.5, 0.6) is 0 Å². The van der Waals surface area contributed by atoms with Crippen LogP contribution in [0.1, 0.15) is 20.8 Å². The van der Waals surface area contributed by atoms with Crippen LogP contribution in [-0.2, 0) is 9.59 Å². The number of hydrogen-bond acceptors (Lipinski definition) is 2.